The van der Waals surface area contributed by atoms with Gasteiger partial charge in [-0.05, 0) is 25.0 Å². The first kappa shape index (κ1) is 17.5. The number of rotatable bonds is 6. The van der Waals surface area contributed by atoms with E-state index >= 15 is 0 Å². The van der Waals surface area contributed by atoms with Crippen LogP contribution in [0.15, 0.2) is 35.3 Å². The standard InChI is InChI=1S/C17H15Cl2N5OS/c18-13-2-1-3-14(19)15(13)17(4-5-17)16(25)20-6-11-7-24(23-22-11)8-12-9-26-10-21-12/h1-3,7,9-10H,4-6,8H2,(H,20,25). The van der Waals surface area contributed by atoms with Crippen LogP contribution >= 0.6 is 34.5 Å². The van der Waals surface area contributed by atoms with Gasteiger partial charge in [-0.25, -0.2) is 9.67 Å². The van der Waals surface area contributed by atoms with Crippen LogP contribution < -0.4 is 5.32 Å². The van der Waals surface area contributed by atoms with E-state index in [1.54, 1.807) is 28.4 Å². The number of amides is 1. The Bertz CT molecular complexity index is 916. The summed E-state index contributed by atoms with van der Waals surface area (Å²) in [6, 6.07) is 5.31. The molecule has 2 aromatic heterocycles. The predicted octanol–water partition coefficient (Wildman–Crippen LogP) is 3.44. The summed E-state index contributed by atoms with van der Waals surface area (Å²) in [6.07, 6.45) is 3.28. The van der Waals surface area contributed by atoms with Crippen molar-refractivity contribution in [2.75, 3.05) is 0 Å². The SMILES string of the molecule is O=C(NCc1cn(Cc2cscn2)nn1)C1(c2c(Cl)cccc2Cl)CC1. The molecule has 2 heterocycles. The van der Waals surface area contributed by atoms with E-state index in [1.807, 2.05) is 11.6 Å². The molecule has 1 aliphatic carbocycles. The molecule has 6 nitrogen and oxygen atoms in total. The van der Waals surface area contributed by atoms with Crippen molar-refractivity contribution in [2.45, 2.75) is 31.3 Å². The maximum atomic E-state index is 12.8. The third kappa shape index (κ3) is 3.34. The van der Waals surface area contributed by atoms with Crippen molar-refractivity contribution in [1.29, 1.82) is 0 Å². The molecule has 0 atom stereocenters. The highest BCUT2D eigenvalue weighted by atomic mass is 35.5. The minimum atomic E-state index is -0.633. The average molecular weight is 408 g/mol. The summed E-state index contributed by atoms with van der Waals surface area (Å²) < 4.78 is 1.70. The number of hydrogen-bond donors (Lipinski definition) is 1. The Morgan fingerprint density at radius 1 is 1.27 bits per heavy atom. The molecule has 0 unspecified atom stereocenters. The van der Waals surface area contributed by atoms with Crippen molar-refractivity contribution < 1.29 is 4.79 Å². The van der Waals surface area contributed by atoms with Crippen LogP contribution in [-0.4, -0.2) is 25.9 Å². The Morgan fingerprint density at radius 2 is 2.04 bits per heavy atom. The normalized spacial score (nSPS) is 15.0. The summed E-state index contributed by atoms with van der Waals surface area (Å²) in [4.78, 5) is 17.0. The molecule has 1 saturated carbocycles. The topological polar surface area (TPSA) is 72.7 Å². The molecule has 1 amide bonds. The Hall–Kier alpha value is -1.96. The predicted molar refractivity (Wildman–Crippen MR) is 100 cm³/mol. The second-order valence-corrected chi connectivity index (χ2v) is 7.78. The number of carbonyl (C=O) groups is 1. The van der Waals surface area contributed by atoms with Crippen LogP contribution in [0.4, 0.5) is 0 Å². The highest BCUT2D eigenvalue weighted by Crippen LogP contribution is 2.53. The minimum absolute atomic E-state index is 0.0819. The van der Waals surface area contributed by atoms with Gasteiger partial charge in [-0.2, -0.15) is 0 Å². The van der Waals surface area contributed by atoms with E-state index in [9.17, 15) is 4.79 Å². The van der Waals surface area contributed by atoms with E-state index in [0.717, 1.165) is 18.5 Å². The van der Waals surface area contributed by atoms with E-state index in [-0.39, 0.29) is 5.91 Å². The van der Waals surface area contributed by atoms with Crippen LogP contribution in [0.5, 0.6) is 0 Å². The van der Waals surface area contributed by atoms with Gasteiger partial charge in [0.05, 0.1) is 35.9 Å². The van der Waals surface area contributed by atoms with Crippen molar-refractivity contribution in [3.63, 3.8) is 0 Å². The molecule has 26 heavy (non-hydrogen) atoms. The number of halogens is 2. The van der Waals surface area contributed by atoms with Gasteiger partial charge in [0.25, 0.3) is 0 Å². The third-order valence-corrected chi connectivity index (χ3v) is 5.71. The Kier molecular flexibility index (Phi) is 4.69. The summed E-state index contributed by atoms with van der Waals surface area (Å²) in [5.41, 5.74) is 3.48. The fraction of sp³-hybridized carbons (Fsp3) is 0.294. The third-order valence-electron chi connectivity index (χ3n) is 4.45. The molecule has 134 valence electrons. The molecular formula is C17H15Cl2N5OS. The van der Waals surface area contributed by atoms with Crippen LogP contribution in [0.25, 0.3) is 0 Å². The molecule has 9 heteroatoms. The maximum absolute atomic E-state index is 12.8. The number of aromatic nitrogens is 4. The van der Waals surface area contributed by atoms with Crippen LogP contribution in [0.1, 0.15) is 29.8 Å². The average Bonchev–Trinajstić information content (AvgIpc) is 3.03. The van der Waals surface area contributed by atoms with Gasteiger partial charge in [0, 0.05) is 21.0 Å². The molecule has 1 aliphatic rings. The summed E-state index contributed by atoms with van der Waals surface area (Å²) in [6.45, 7) is 0.864. The van der Waals surface area contributed by atoms with Crippen molar-refractivity contribution >= 4 is 40.4 Å². The number of carbonyl (C=O) groups excluding carboxylic acids is 1. The van der Waals surface area contributed by atoms with E-state index < -0.39 is 5.41 Å². The van der Waals surface area contributed by atoms with Crippen molar-refractivity contribution in [2.24, 2.45) is 0 Å². The fourth-order valence-electron chi connectivity index (χ4n) is 2.99. The lowest BCUT2D eigenvalue weighted by Crippen LogP contribution is -2.34. The molecule has 1 N–H and O–H groups in total. The van der Waals surface area contributed by atoms with Crippen molar-refractivity contribution in [1.82, 2.24) is 25.3 Å². The maximum Gasteiger partial charge on any atom is 0.231 e. The number of thiazole rings is 1. The lowest BCUT2D eigenvalue weighted by Gasteiger charge is -2.18. The van der Waals surface area contributed by atoms with Gasteiger partial charge in [0.2, 0.25) is 5.91 Å². The molecule has 1 fully saturated rings. The molecule has 4 rings (SSSR count). The fourth-order valence-corrected chi connectivity index (χ4v) is 4.30. The summed E-state index contributed by atoms with van der Waals surface area (Å²) >= 11 is 14.1. The molecular weight excluding hydrogens is 393 g/mol. The van der Waals surface area contributed by atoms with Gasteiger partial charge in [-0.3, -0.25) is 4.79 Å². The smallest absolute Gasteiger partial charge is 0.231 e. The molecule has 3 aromatic rings. The number of nitrogens with one attached hydrogen (secondary N) is 1. The van der Waals surface area contributed by atoms with Gasteiger partial charge < -0.3 is 5.32 Å². The minimum Gasteiger partial charge on any atom is -0.350 e. The molecule has 0 aliphatic heterocycles. The Labute approximate surface area is 164 Å². The Balaban J connectivity index is 1.42. The first-order valence-electron chi connectivity index (χ1n) is 8.07. The van der Waals surface area contributed by atoms with Crippen LogP contribution in [0.2, 0.25) is 10.0 Å². The molecule has 0 spiro atoms. The molecule has 0 bridgehead atoms. The largest absolute Gasteiger partial charge is 0.350 e. The highest BCUT2D eigenvalue weighted by Gasteiger charge is 2.53. The van der Waals surface area contributed by atoms with Crippen LogP contribution in [-0.2, 0) is 23.3 Å². The summed E-state index contributed by atoms with van der Waals surface area (Å²) in [7, 11) is 0. The number of nitrogens with zero attached hydrogens (tertiary/aromatic N) is 4. The molecule has 1 aromatic carbocycles. The summed E-state index contributed by atoms with van der Waals surface area (Å²) in [5.74, 6) is -0.0819. The second-order valence-electron chi connectivity index (χ2n) is 6.25. The summed E-state index contributed by atoms with van der Waals surface area (Å²) in [5, 5.41) is 14.1. The van der Waals surface area contributed by atoms with Gasteiger partial charge in [0.1, 0.15) is 5.69 Å². The number of hydrogen-bond acceptors (Lipinski definition) is 5. The Morgan fingerprint density at radius 3 is 2.69 bits per heavy atom. The van der Waals surface area contributed by atoms with Gasteiger partial charge in [0.15, 0.2) is 0 Å². The van der Waals surface area contributed by atoms with Crippen LogP contribution in [0, 0.1) is 0 Å². The lowest BCUT2D eigenvalue weighted by atomic mass is 9.94. The van der Waals surface area contributed by atoms with E-state index in [4.69, 9.17) is 23.2 Å². The van der Waals surface area contributed by atoms with E-state index in [1.165, 1.54) is 11.3 Å². The molecule has 0 radical (unpaired) electrons. The quantitative estimate of drug-likeness (QED) is 0.678. The zero-order valence-corrected chi connectivity index (χ0v) is 16.0. The van der Waals surface area contributed by atoms with Crippen LogP contribution in [0.3, 0.4) is 0 Å². The lowest BCUT2D eigenvalue weighted by molar-refractivity contribution is -0.123. The van der Waals surface area contributed by atoms with Crippen molar-refractivity contribution in [3.8, 4) is 0 Å². The zero-order valence-electron chi connectivity index (χ0n) is 13.7. The van der Waals surface area contributed by atoms with Gasteiger partial charge in [-0.15, -0.1) is 16.4 Å². The van der Waals surface area contributed by atoms with E-state index in [2.05, 4.69) is 20.6 Å². The van der Waals surface area contributed by atoms with Gasteiger partial charge >= 0.3 is 0 Å². The monoisotopic (exact) mass is 407 g/mol. The van der Waals surface area contributed by atoms with E-state index in [0.29, 0.717) is 34.4 Å². The first-order chi connectivity index (χ1) is 12.6. The van der Waals surface area contributed by atoms with Crippen molar-refractivity contribution in [3.05, 3.63) is 62.3 Å². The second kappa shape index (κ2) is 6.98. The molecule has 0 saturated heterocycles. The first-order valence-corrected chi connectivity index (χ1v) is 9.77. The zero-order chi connectivity index (χ0) is 18.1. The highest BCUT2D eigenvalue weighted by molar-refractivity contribution is 7.07. The van der Waals surface area contributed by atoms with Gasteiger partial charge in [-0.1, -0.05) is 34.5 Å². The number of benzene rings is 1.